The molecule has 1 amide bonds. The summed E-state index contributed by atoms with van der Waals surface area (Å²) in [5, 5.41) is 3.67. The van der Waals surface area contributed by atoms with Crippen LogP contribution >= 0.6 is 11.3 Å². The van der Waals surface area contributed by atoms with Crippen molar-refractivity contribution in [1.29, 1.82) is 0 Å². The fraction of sp³-hybridized carbons (Fsp3) is 0.348. The molecule has 164 valence electrons. The largest absolute Gasteiger partial charge is 0.416 e. The van der Waals surface area contributed by atoms with Crippen molar-refractivity contribution in [1.82, 2.24) is 15.3 Å². The highest BCUT2D eigenvalue weighted by Crippen LogP contribution is 2.32. The molecule has 0 spiro atoms. The standard InChI is InChI=1S/C23H24F3N3OS/c1-14(2)11-18(16-6-8-19(9-7-16)23(24,25)26)13-28-21(30)20-15(3)29-22(31-20)17-5-4-10-27-12-17/h4-10,12,14,18H,11,13H2,1-3H3,(H,28,30). The van der Waals surface area contributed by atoms with Crippen LogP contribution in [0.3, 0.4) is 0 Å². The molecule has 1 unspecified atom stereocenters. The van der Waals surface area contributed by atoms with Gasteiger partial charge in [-0.3, -0.25) is 9.78 Å². The van der Waals surface area contributed by atoms with E-state index in [-0.39, 0.29) is 11.8 Å². The fourth-order valence-electron chi connectivity index (χ4n) is 3.37. The number of carbonyl (C=O) groups excluding carboxylic acids is 1. The van der Waals surface area contributed by atoms with Gasteiger partial charge in [0.25, 0.3) is 5.91 Å². The number of alkyl halides is 3. The number of halogens is 3. The van der Waals surface area contributed by atoms with Crippen molar-refractivity contribution in [3.63, 3.8) is 0 Å². The first-order valence-corrected chi connectivity index (χ1v) is 10.8. The molecule has 3 aromatic rings. The van der Waals surface area contributed by atoms with Gasteiger partial charge in [0.05, 0.1) is 11.3 Å². The minimum atomic E-state index is -4.37. The predicted molar refractivity (Wildman–Crippen MR) is 116 cm³/mol. The molecule has 4 nitrogen and oxygen atoms in total. The van der Waals surface area contributed by atoms with Crippen LogP contribution in [0.15, 0.2) is 48.8 Å². The minimum Gasteiger partial charge on any atom is -0.351 e. The molecular formula is C23H24F3N3OS. The summed E-state index contributed by atoms with van der Waals surface area (Å²) in [6, 6.07) is 8.89. The highest BCUT2D eigenvalue weighted by atomic mass is 32.1. The summed E-state index contributed by atoms with van der Waals surface area (Å²) >= 11 is 1.30. The lowest BCUT2D eigenvalue weighted by molar-refractivity contribution is -0.137. The maximum absolute atomic E-state index is 12.9. The second-order valence-corrected chi connectivity index (χ2v) is 8.83. The molecule has 8 heteroatoms. The Morgan fingerprint density at radius 1 is 1.16 bits per heavy atom. The van der Waals surface area contributed by atoms with Crippen molar-refractivity contribution in [2.45, 2.75) is 39.3 Å². The number of thiazole rings is 1. The zero-order valence-electron chi connectivity index (χ0n) is 17.5. The molecule has 0 aliphatic rings. The van der Waals surface area contributed by atoms with Crippen LogP contribution in [-0.4, -0.2) is 22.4 Å². The molecule has 1 N–H and O–H groups in total. The first kappa shape index (κ1) is 22.9. The second kappa shape index (κ2) is 9.60. The number of aryl methyl sites for hydroxylation is 1. The summed E-state index contributed by atoms with van der Waals surface area (Å²) in [6.45, 7) is 6.22. The Hall–Kier alpha value is -2.74. The van der Waals surface area contributed by atoms with E-state index in [1.807, 2.05) is 26.0 Å². The van der Waals surface area contributed by atoms with Gasteiger partial charge in [-0.25, -0.2) is 4.98 Å². The molecule has 0 aliphatic carbocycles. The minimum absolute atomic E-state index is 0.0859. The van der Waals surface area contributed by atoms with Crippen LogP contribution < -0.4 is 5.32 Å². The Morgan fingerprint density at radius 3 is 2.45 bits per heavy atom. The normalized spacial score (nSPS) is 12.7. The number of benzene rings is 1. The lowest BCUT2D eigenvalue weighted by Gasteiger charge is -2.20. The maximum Gasteiger partial charge on any atom is 0.416 e. The zero-order chi connectivity index (χ0) is 22.6. The molecule has 0 saturated carbocycles. The SMILES string of the molecule is Cc1nc(-c2cccnc2)sc1C(=O)NCC(CC(C)C)c1ccc(C(F)(F)F)cc1. The summed E-state index contributed by atoms with van der Waals surface area (Å²) in [6.07, 6.45) is -0.249. The average molecular weight is 448 g/mol. The van der Waals surface area contributed by atoms with Crippen LogP contribution in [0.5, 0.6) is 0 Å². The fourth-order valence-corrected chi connectivity index (χ4v) is 4.34. The van der Waals surface area contributed by atoms with E-state index in [4.69, 9.17) is 0 Å². The Bertz CT molecular complexity index is 1010. The van der Waals surface area contributed by atoms with E-state index in [1.54, 1.807) is 19.3 Å². The molecule has 0 saturated heterocycles. The van der Waals surface area contributed by atoms with Gasteiger partial charge in [0.1, 0.15) is 9.88 Å². The number of nitrogens with zero attached hydrogens (tertiary/aromatic N) is 2. The van der Waals surface area contributed by atoms with E-state index in [1.165, 1.54) is 23.5 Å². The second-order valence-electron chi connectivity index (χ2n) is 7.83. The van der Waals surface area contributed by atoms with Crippen molar-refractivity contribution in [2.75, 3.05) is 6.54 Å². The predicted octanol–water partition coefficient (Wildman–Crippen LogP) is 6.09. The van der Waals surface area contributed by atoms with Crippen molar-refractivity contribution in [3.8, 4) is 10.6 Å². The van der Waals surface area contributed by atoms with Gasteiger partial charge in [0.15, 0.2) is 0 Å². The van der Waals surface area contributed by atoms with E-state index >= 15 is 0 Å². The lowest BCUT2D eigenvalue weighted by atomic mass is 9.89. The van der Waals surface area contributed by atoms with Crippen LogP contribution in [0.1, 0.15) is 52.7 Å². The molecule has 2 heterocycles. The van der Waals surface area contributed by atoms with Crippen molar-refractivity contribution in [3.05, 3.63) is 70.5 Å². The first-order valence-electron chi connectivity index (χ1n) is 9.98. The van der Waals surface area contributed by atoms with Crippen LogP contribution in [0.25, 0.3) is 10.6 Å². The summed E-state index contributed by atoms with van der Waals surface area (Å²) in [4.78, 5) is 21.9. The maximum atomic E-state index is 12.9. The quantitative estimate of drug-likeness (QED) is 0.477. The summed E-state index contributed by atoms with van der Waals surface area (Å²) in [5.74, 6) is 0.00887. The van der Waals surface area contributed by atoms with Gasteiger partial charge in [-0.1, -0.05) is 26.0 Å². The molecule has 1 aromatic carbocycles. The Labute approximate surface area is 183 Å². The van der Waals surface area contributed by atoms with Gasteiger partial charge in [-0.2, -0.15) is 13.2 Å². The Balaban J connectivity index is 1.73. The number of hydrogen-bond donors (Lipinski definition) is 1. The van der Waals surface area contributed by atoms with E-state index in [9.17, 15) is 18.0 Å². The topological polar surface area (TPSA) is 54.9 Å². The average Bonchev–Trinajstić information content (AvgIpc) is 3.12. The lowest BCUT2D eigenvalue weighted by Crippen LogP contribution is -2.29. The van der Waals surface area contributed by atoms with Crippen LogP contribution in [-0.2, 0) is 6.18 Å². The third-order valence-corrected chi connectivity index (χ3v) is 6.09. The molecule has 2 aromatic heterocycles. The molecular weight excluding hydrogens is 423 g/mol. The highest BCUT2D eigenvalue weighted by Gasteiger charge is 2.30. The van der Waals surface area contributed by atoms with Crippen LogP contribution in [0, 0.1) is 12.8 Å². The third-order valence-electron chi connectivity index (χ3n) is 4.89. The molecule has 0 bridgehead atoms. The van der Waals surface area contributed by atoms with Gasteiger partial charge < -0.3 is 5.32 Å². The van der Waals surface area contributed by atoms with E-state index in [2.05, 4.69) is 15.3 Å². The summed E-state index contributed by atoms with van der Waals surface area (Å²) in [7, 11) is 0. The highest BCUT2D eigenvalue weighted by molar-refractivity contribution is 7.17. The van der Waals surface area contributed by atoms with Crippen molar-refractivity contribution in [2.24, 2.45) is 5.92 Å². The Morgan fingerprint density at radius 2 is 1.87 bits per heavy atom. The number of nitrogens with one attached hydrogen (secondary N) is 1. The number of aromatic nitrogens is 2. The van der Waals surface area contributed by atoms with E-state index in [0.717, 1.165) is 34.7 Å². The summed E-state index contributed by atoms with van der Waals surface area (Å²) in [5.41, 5.74) is 1.58. The number of pyridine rings is 1. The van der Waals surface area contributed by atoms with Crippen molar-refractivity contribution >= 4 is 17.2 Å². The van der Waals surface area contributed by atoms with Gasteiger partial charge in [0.2, 0.25) is 0 Å². The molecule has 0 radical (unpaired) electrons. The van der Waals surface area contributed by atoms with E-state index in [0.29, 0.717) is 23.0 Å². The van der Waals surface area contributed by atoms with Crippen molar-refractivity contribution < 1.29 is 18.0 Å². The van der Waals surface area contributed by atoms with Gasteiger partial charge in [-0.15, -0.1) is 11.3 Å². The number of hydrogen-bond acceptors (Lipinski definition) is 4. The number of rotatable bonds is 7. The van der Waals surface area contributed by atoms with Gasteiger partial charge >= 0.3 is 6.18 Å². The van der Waals surface area contributed by atoms with Crippen LogP contribution in [0.2, 0.25) is 0 Å². The van der Waals surface area contributed by atoms with Crippen LogP contribution in [0.4, 0.5) is 13.2 Å². The zero-order valence-corrected chi connectivity index (χ0v) is 18.3. The van der Waals surface area contributed by atoms with E-state index < -0.39 is 11.7 Å². The number of amides is 1. The third kappa shape index (κ3) is 5.91. The molecule has 0 aliphatic heterocycles. The van der Waals surface area contributed by atoms with Gasteiger partial charge in [-0.05, 0) is 49.1 Å². The first-order chi connectivity index (χ1) is 14.6. The van der Waals surface area contributed by atoms with Gasteiger partial charge in [0, 0.05) is 30.4 Å². The summed E-state index contributed by atoms with van der Waals surface area (Å²) < 4.78 is 38.6. The smallest absolute Gasteiger partial charge is 0.351 e. The monoisotopic (exact) mass is 447 g/mol. The molecule has 0 fully saturated rings. The molecule has 31 heavy (non-hydrogen) atoms. The molecule has 1 atom stereocenters. The number of carbonyl (C=O) groups is 1. The molecule has 3 rings (SSSR count). The Kier molecular flexibility index (Phi) is 7.10.